The fourth-order valence-electron chi connectivity index (χ4n) is 3.61. The molecule has 6 nitrogen and oxygen atoms in total. The molecule has 2 unspecified atom stereocenters. The van der Waals surface area contributed by atoms with E-state index in [4.69, 9.17) is 0 Å². The summed E-state index contributed by atoms with van der Waals surface area (Å²) in [5.41, 5.74) is 1.70. The Kier molecular flexibility index (Phi) is 5.38. The molecular formula is C20H23N5OS. The smallest absolute Gasteiger partial charge is 0.230 e. The number of benzene rings is 1. The van der Waals surface area contributed by atoms with Gasteiger partial charge in [0.2, 0.25) is 5.91 Å². The maximum absolute atomic E-state index is 12.4. The molecule has 0 radical (unpaired) electrons. The van der Waals surface area contributed by atoms with Gasteiger partial charge in [-0.2, -0.15) is 5.10 Å². The van der Waals surface area contributed by atoms with Crippen LogP contribution in [0.15, 0.2) is 47.9 Å². The number of carbonyl (C=O) groups is 1. The normalized spacial score (nSPS) is 19.9. The summed E-state index contributed by atoms with van der Waals surface area (Å²) >= 11 is 1.44. The molecular weight excluding hydrogens is 358 g/mol. The molecule has 1 saturated carbocycles. The topological polar surface area (TPSA) is 72.7 Å². The number of carbonyl (C=O) groups excluding carboxylic acids is 1. The molecule has 27 heavy (non-hydrogen) atoms. The van der Waals surface area contributed by atoms with Gasteiger partial charge in [0.15, 0.2) is 5.65 Å². The van der Waals surface area contributed by atoms with Crippen LogP contribution in [0.2, 0.25) is 0 Å². The quantitative estimate of drug-likeness (QED) is 0.540. The summed E-state index contributed by atoms with van der Waals surface area (Å²) in [6, 6.07) is 10.2. The lowest BCUT2D eigenvalue weighted by Gasteiger charge is -2.29. The van der Waals surface area contributed by atoms with Crippen molar-refractivity contribution < 1.29 is 4.79 Å². The molecule has 1 amide bonds. The summed E-state index contributed by atoms with van der Waals surface area (Å²) in [4.78, 5) is 21.1. The Balaban J connectivity index is 1.46. The maximum atomic E-state index is 12.4. The molecule has 2 atom stereocenters. The zero-order valence-electron chi connectivity index (χ0n) is 15.3. The van der Waals surface area contributed by atoms with Crippen LogP contribution in [0.3, 0.4) is 0 Å². The third kappa shape index (κ3) is 3.98. The predicted octanol–water partition coefficient (Wildman–Crippen LogP) is 3.60. The van der Waals surface area contributed by atoms with Gasteiger partial charge in [-0.25, -0.2) is 14.6 Å². The second kappa shape index (κ2) is 8.08. The number of nitrogens with one attached hydrogen (secondary N) is 1. The zero-order valence-corrected chi connectivity index (χ0v) is 16.2. The summed E-state index contributed by atoms with van der Waals surface area (Å²) in [5, 5.41) is 9.30. The van der Waals surface area contributed by atoms with Gasteiger partial charge in [0.1, 0.15) is 11.4 Å². The lowest BCUT2D eigenvalue weighted by molar-refractivity contribution is -0.119. The van der Waals surface area contributed by atoms with E-state index in [1.165, 1.54) is 37.4 Å². The molecule has 0 saturated heterocycles. The molecule has 140 valence electrons. The van der Waals surface area contributed by atoms with Gasteiger partial charge in [0.25, 0.3) is 0 Å². The van der Waals surface area contributed by atoms with Gasteiger partial charge < -0.3 is 5.32 Å². The standard InChI is InChI=1S/C20H23N5OS/c1-14-7-5-6-10-17(14)24-18(26)12-27-20-16-11-23-25(19(16)21-13-22-20)15-8-3-2-4-9-15/h2-4,8-9,11,13-14,17H,5-7,10,12H2,1H3,(H,24,26). The summed E-state index contributed by atoms with van der Waals surface area (Å²) in [5.74, 6) is 0.981. The number of nitrogens with zero attached hydrogens (tertiary/aromatic N) is 4. The number of hydrogen-bond acceptors (Lipinski definition) is 5. The monoisotopic (exact) mass is 381 g/mol. The fraction of sp³-hybridized carbons (Fsp3) is 0.400. The van der Waals surface area contributed by atoms with E-state index < -0.39 is 0 Å². The second-order valence-corrected chi connectivity index (χ2v) is 8.00. The van der Waals surface area contributed by atoms with Crippen LogP contribution in [0, 0.1) is 5.92 Å². The Morgan fingerprint density at radius 3 is 2.85 bits per heavy atom. The Morgan fingerprint density at radius 1 is 1.22 bits per heavy atom. The van der Waals surface area contributed by atoms with E-state index in [1.54, 1.807) is 10.9 Å². The Labute approximate surface area is 162 Å². The van der Waals surface area contributed by atoms with Crippen LogP contribution in [0.5, 0.6) is 0 Å². The lowest BCUT2D eigenvalue weighted by atomic mass is 9.86. The second-order valence-electron chi connectivity index (χ2n) is 7.03. The highest BCUT2D eigenvalue weighted by molar-refractivity contribution is 8.00. The van der Waals surface area contributed by atoms with Gasteiger partial charge in [0.05, 0.1) is 23.0 Å². The lowest BCUT2D eigenvalue weighted by Crippen LogP contribution is -2.41. The van der Waals surface area contributed by atoms with Gasteiger partial charge in [-0.05, 0) is 30.9 Å². The molecule has 7 heteroatoms. The summed E-state index contributed by atoms with van der Waals surface area (Å²) in [6.45, 7) is 2.23. The van der Waals surface area contributed by atoms with Gasteiger partial charge in [-0.1, -0.05) is 49.7 Å². The third-order valence-corrected chi connectivity index (χ3v) is 6.13. The first-order valence-corrected chi connectivity index (χ1v) is 10.4. The highest BCUT2D eigenvalue weighted by Gasteiger charge is 2.23. The number of aromatic nitrogens is 4. The number of fused-ring (bicyclic) bond motifs is 1. The molecule has 1 aliphatic rings. The van der Waals surface area contributed by atoms with E-state index >= 15 is 0 Å². The molecule has 2 aromatic heterocycles. The van der Waals surface area contributed by atoms with Crippen LogP contribution in [-0.4, -0.2) is 37.5 Å². The summed E-state index contributed by atoms with van der Waals surface area (Å²) in [6.07, 6.45) is 8.06. The Morgan fingerprint density at radius 2 is 2.04 bits per heavy atom. The summed E-state index contributed by atoms with van der Waals surface area (Å²) < 4.78 is 1.80. The highest BCUT2D eigenvalue weighted by atomic mass is 32.2. The average Bonchev–Trinajstić information content (AvgIpc) is 3.13. The fourth-order valence-corrected chi connectivity index (χ4v) is 4.38. The van der Waals surface area contributed by atoms with Crippen LogP contribution in [0.25, 0.3) is 16.7 Å². The van der Waals surface area contributed by atoms with Crippen molar-refractivity contribution in [1.29, 1.82) is 0 Å². The molecule has 1 N–H and O–H groups in total. The number of rotatable bonds is 5. The van der Waals surface area contributed by atoms with Crippen molar-refractivity contribution in [3.05, 3.63) is 42.9 Å². The van der Waals surface area contributed by atoms with E-state index in [0.717, 1.165) is 28.2 Å². The van der Waals surface area contributed by atoms with E-state index in [0.29, 0.717) is 17.7 Å². The number of thioether (sulfide) groups is 1. The van der Waals surface area contributed by atoms with E-state index in [9.17, 15) is 4.79 Å². The molecule has 2 heterocycles. The van der Waals surface area contributed by atoms with Crippen molar-refractivity contribution in [1.82, 2.24) is 25.1 Å². The average molecular weight is 382 g/mol. The van der Waals surface area contributed by atoms with E-state index in [2.05, 4.69) is 27.3 Å². The first kappa shape index (κ1) is 18.0. The van der Waals surface area contributed by atoms with Gasteiger partial charge in [-0.3, -0.25) is 4.79 Å². The molecule has 0 aliphatic heterocycles. The van der Waals surface area contributed by atoms with Gasteiger partial charge >= 0.3 is 0 Å². The van der Waals surface area contributed by atoms with E-state index in [-0.39, 0.29) is 5.91 Å². The van der Waals surface area contributed by atoms with Crippen LogP contribution < -0.4 is 5.32 Å². The first-order valence-electron chi connectivity index (χ1n) is 9.38. The van der Waals surface area contributed by atoms with Crippen LogP contribution in [0.4, 0.5) is 0 Å². The zero-order chi connectivity index (χ0) is 18.6. The van der Waals surface area contributed by atoms with Crippen LogP contribution in [0.1, 0.15) is 32.6 Å². The third-order valence-electron chi connectivity index (χ3n) is 5.13. The molecule has 1 aliphatic carbocycles. The number of para-hydroxylation sites is 1. The van der Waals surface area contributed by atoms with E-state index in [1.807, 2.05) is 30.3 Å². The van der Waals surface area contributed by atoms with Gasteiger partial charge in [0, 0.05) is 6.04 Å². The van der Waals surface area contributed by atoms with Crippen molar-refractivity contribution in [2.24, 2.45) is 5.92 Å². The largest absolute Gasteiger partial charge is 0.352 e. The Hall–Kier alpha value is -2.41. The molecule has 3 aromatic rings. The molecule has 1 fully saturated rings. The van der Waals surface area contributed by atoms with Gasteiger partial charge in [-0.15, -0.1) is 0 Å². The highest BCUT2D eigenvalue weighted by Crippen LogP contribution is 2.27. The number of amides is 1. The van der Waals surface area contributed by atoms with Crippen molar-refractivity contribution >= 4 is 28.7 Å². The van der Waals surface area contributed by atoms with Crippen molar-refractivity contribution in [3.63, 3.8) is 0 Å². The molecule has 0 spiro atoms. The minimum Gasteiger partial charge on any atom is -0.352 e. The van der Waals surface area contributed by atoms with Crippen molar-refractivity contribution in [2.75, 3.05) is 5.75 Å². The predicted molar refractivity (Wildman–Crippen MR) is 107 cm³/mol. The Bertz CT molecular complexity index is 927. The van der Waals surface area contributed by atoms with Crippen molar-refractivity contribution in [2.45, 2.75) is 43.7 Å². The SMILES string of the molecule is CC1CCCCC1NC(=O)CSc1ncnc2c1cnn2-c1ccccc1. The minimum absolute atomic E-state index is 0.0703. The van der Waals surface area contributed by atoms with Crippen LogP contribution in [-0.2, 0) is 4.79 Å². The van der Waals surface area contributed by atoms with Crippen molar-refractivity contribution in [3.8, 4) is 5.69 Å². The number of hydrogen-bond donors (Lipinski definition) is 1. The summed E-state index contributed by atoms with van der Waals surface area (Å²) in [7, 11) is 0. The first-order chi connectivity index (χ1) is 13.2. The minimum atomic E-state index is 0.0703. The molecule has 4 rings (SSSR count). The van der Waals surface area contributed by atoms with Crippen LogP contribution >= 0.6 is 11.8 Å². The maximum Gasteiger partial charge on any atom is 0.230 e. The molecule has 1 aromatic carbocycles. The molecule has 0 bridgehead atoms.